The molecule has 2 N–H and O–H groups in total. The van der Waals surface area contributed by atoms with Gasteiger partial charge < -0.3 is 29.7 Å². The molecule has 0 radical (unpaired) electrons. The van der Waals surface area contributed by atoms with E-state index in [1.165, 1.54) is 0 Å². The molecule has 1 aromatic carbocycles. The van der Waals surface area contributed by atoms with E-state index in [1.807, 2.05) is 0 Å². The zero-order valence-corrected chi connectivity index (χ0v) is 14.0. The van der Waals surface area contributed by atoms with E-state index in [0.717, 1.165) is 32.7 Å². The minimum Gasteiger partial charge on any atom is -0.493 e. The van der Waals surface area contributed by atoms with Gasteiger partial charge in [0, 0.05) is 57.0 Å². The number of amides is 1. The van der Waals surface area contributed by atoms with Crippen molar-refractivity contribution >= 4 is 11.6 Å². The fourth-order valence-corrected chi connectivity index (χ4v) is 2.57. The third-order valence-corrected chi connectivity index (χ3v) is 3.81. The summed E-state index contributed by atoms with van der Waals surface area (Å²) in [5, 5.41) is 6.18. The van der Waals surface area contributed by atoms with Gasteiger partial charge >= 0.3 is 0 Å². The van der Waals surface area contributed by atoms with Crippen molar-refractivity contribution in [3.05, 3.63) is 12.1 Å². The van der Waals surface area contributed by atoms with E-state index in [2.05, 4.69) is 15.5 Å². The van der Waals surface area contributed by atoms with Gasteiger partial charge in [-0.1, -0.05) is 0 Å². The average Bonchev–Trinajstić information content (AvgIpc) is 2.59. The molecule has 1 heterocycles. The minimum absolute atomic E-state index is 0.0298. The Morgan fingerprint density at radius 2 is 1.74 bits per heavy atom. The number of benzene rings is 1. The monoisotopic (exact) mass is 323 g/mol. The van der Waals surface area contributed by atoms with Crippen LogP contribution in [0.15, 0.2) is 12.1 Å². The lowest BCUT2D eigenvalue weighted by Gasteiger charge is -2.26. The third-order valence-electron chi connectivity index (χ3n) is 3.81. The average molecular weight is 323 g/mol. The fourth-order valence-electron chi connectivity index (χ4n) is 2.57. The van der Waals surface area contributed by atoms with E-state index in [9.17, 15) is 4.79 Å². The molecular formula is C16H25N3O4. The predicted molar refractivity (Wildman–Crippen MR) is 88.7 cm³/mol. The van der Waals surface area contributed by atoms with Crippen LogP contribution < -0.4 is 24.8 Å². The standard InChI is InChI=1S/C16H25N3O4/c1-21-13-10-12(11-14(22-2)16(13)23-3)18-15(20)4-7-19-8-5-17-6-9-19/h10-11,17H,4-9H2,1-3H3,(H,18,20). The Kier molecular flexibility index (Phi) is 6.49. The van der Waals surface area contributed by atoms with Gasteiger partial charge in [-0.15, -0.1) is 0 Å². The van der Waals surface area contributed by atoms with E-state index in [0.29, 0.717) is 29.4 Å². The van der Waals surface area contributed by atoms with Crippen LogP contribution in [0.3, 0.4) is 0 Å². The van der Waals surface area contributed by atoms with Crippen LogP contribution in [0.5, 0.6) is 17.2 Å². The maximum absolute atomic E-state index is 12.1. The van der Waals surface area contributed by atoms with Crippen LogP contribution in [0, 0.1) is 0 Å². The maximum Gasteiger partial charge on any atom is 0.225 e. The van der Waals surface area contributed by atoms with Crippen molar-refractivity contribution in [3.63, 3.8) is 0 Å². The molecular weight excluding hydrogens is 298 g/mol. The van der Waals surface area contributed by atoms with E-state index in [4.69, 9.17) is 14.2 Å². The summed E-state index contributed by atoms with van der Waals surface area (Å²) in [7, 11) is 4.65. The summed E-state index contributed by atoms with van der Waals surface area (Å²) >= 11 is 0. The predicted octanol–water partition coefficient (Wildman–Crippen LogP) is 0.946. The van der Waals surface area contributed by atoms with E-state index >= 15 is 0 Å². The summed E-state index contributed by atoms with van der Waals surface area (Å²) in [4.78, 5) is 14.4. The Balaban J connectivity index is 1.96. The Morgan fingerprint density at radius 1 is 1.13 bits per heavy atom. The maximum atomic E-state index is 12.1. The highest BCUT2D eigenvalue weighted by molar-refractivity contribution is 5.91. The quantitative estimate of drug-likeness (QED) is 0.778. The van der Waals surface area contributed by atoms with Crippen LogP contribution in [-0.4, -0.2) is 64.9 Å². The molecule has 1 aliphatic heterocycles. The lowest BCUT2D eigenvalue weighted by Crippen LogP contribution is -2.44. The number of nitrogens with zero attached hydrogens (tertiary/aromatic N) is 1. The second-order valence-corrected chi connectivity index (χ2v) is 5.30. The Bertz CT molecular complexity index is 505. The number of rotatable bonds is 7. The van der Waals surface area contributed by atoms with Gasteiger partial charge in [0.05, 0.1) is 21.3 Å². The molecule has 0 spiro atoms. The van der Waals surface area contributed by atoms with Gasteiger partial charge in [-0.3, -0.25) is 4.79 Å². The van der Waals surface area contributed by atoms with E-state index in [1.54, 1.807) is 33.5 Å². The minimum atomic E-state index is -0.0298. The summed E-state index contributed by atoms with van der Waals surface area (Å²) in [6.07, 6.45) is 0.455. The molecule has 1 amide bonds. The van der Waals surface area contributed by atoms with Crippen LogP contribution in [-0.2, 0) is 4.79 Å². The molecule has 23 heavy (non-hydrogen) atoms. The number of hydrogen-bond donors (Lipinski definition) is 2. The number of anilines is 1. The molecule has 1 fully saturated rings. The third kappa shape index (κ3) is 4.74. The van der Waals surface area contributed by atoms with Gasteiger partial charge in [0.2, 0.25) is 11.7 Å². The zero-order valence-electron chi connectivity index (χ0n) is 14.0. The molecule has 0 aliphatic carbocycles. The normalized spacial score (nSPS) is 15.1. The SMILES string of the molecule is COc1cc(NC(=O)CCN2CCNCC2)cc(OC)c1OC. The molecule has 128 valence electrons. The Hall–Kier alpha value is -1.99. The number of methoxy groups -OCH3 is 3. The topological polar surface area (TPSA) is 72.1 Å². The molecule has 0 bridgehead atoms. The van der Waals surface area contributed by atoms with Crippen molar-refractivity contribution in [2.45, 2.75) is 6.42 Å². The number of carbonyl (C=O) groups is 1. The molecule has 2 rings (SSSR count). The van der Waals surface area contributed by atoms with Crippen molar-refractivity contribution in [3.8, 4) is 17.2 Å². The van der Waals surface area contributed by atoms with Crippen molar-refractivity contribution in [2.75, 3.05) is 59.4 Å². The molecule has 0 atom stereocenters. The van der Waals surface area contributed by atoms with Gasteiger partial charge in [0.15, 0.2) is 11.5 Å². The first-order chi connectivity index (χ1) is 11.2. The molecule has 0 unspecified atom stereocenters. The first-order valence-electron chi connectivity index (χ1n) is 7.71. The van der Waals surface area contributed by atoms with Crippen molar-refractivity contribution in [1.29, 1.82) is 0 Å². The van der Waals surface area contributed by atoms with Gasteiger partial charge in [0.25, 0.3) is 0 Å². The number of nitrogens with one attached hydrogen (secondary N) is 2. The van der Waals surface area contributed by atoms with Crippen molar-refractivity contribution < 1.29 is 19.0 Å². The molecule has 1 aromatic rings. The second-order valence-electron chi connectivity index (χ2n) is 5.30. The molecule has 7 nitrogen and oxygen atoms in total. The Morgan fingerprint density at radius 3 is 2.26 bits per heavy atom. The van der Waals surface area contributed by atoms with Crippen LogP contribution in [0.1, 0.15) is 6.42 Å². The molecule has 0 aromatic heterocycles. The Labute approximate surface area is 136 Å². The fraction of sp³-hybridized carbons (Fsp3) is 0.562. The van der Waals surface area contributed by atoms with E-state index < -0.39 is 0 Å². The van der Waals surface area contributed by atoms with Gasteiger partial charge in [-0.05, 0) is 0 Å². The van der Waals surface area contributed by atoms with Gasteiger partial charge in [-0.2, -0.15) is 0 Å². The highest BCUT2D eigenvalue weighted by Crippen LogP contribution is 2.39. The lowest BCUT2D eigenvalue weighted by atomic mass is 10.2. The van der Waals surface area contributed by atoms with Gasteiger partial charge in [-0.25, -0.2) is 0 Å². The number of piperazine rings is 1. The summed E-state index contributed by atoms with van der Waals surface area (Å²) in [6, 6.07) is 3.45. The van der Waals surface area contributed by atoms with Crippen LogP contribution in [0.25, 0.3) is 0 Å². The summed E-state index contributed by atoms with van der Waals surface area (Å²) in [5.41, 5.74) is 0.629. The highest BCUT2D eigenvalue weighted by Gasteiger charge is 2.15. The van der Waals surface area contributed by atoms with Crippen LogP contribution in [0.4, 0.5) is 5.69 Å². The lowest BCUT2D eigenvalue weighted by molar-refractivity contribution is -0.116. The van der Waals surface area contributed by atoms with Crippen LogP contribution >= 0.6 is 0 Å². The number of carbonyl (C=O) groups excluding carboxylic acids is 1. The molecule has 1 aliphatic rings. The summed E-state index contributed by atoms with van der Waals surface area (Å²) in [5.74, 6) is 1.51. The smallest absolute Gasteiger partial charge is 0.225 e. The highest BCUT2D eigenvalue weighted by atomic mass is 16.5. The van der Waals surface area contributed by atoms with Gasteiger partial charge in [0.1, 0.15) is 0 Å². The first kappa shape index (κ1) is 17.4. The molecule has 0 saturated carbocycles. The largest absolute Gasteiger partial charge is 0.493 e. The molecule has 7 heteroatoms. The van der Waals surface area contributed by atoms with Crippen LogP contribution in [0.2, 0.25) is 0 Å². The summed E-state index contributed by atoms with van der Waals surface area (Å²) < 4.78 is 15.8. The van der Waals surface area contributed by atoms with Crippen molar-refractivity contribution in [1.82, 2.24) is 10.2 Å². The number of ether oxygens (including phenoxy) is 3. The van der Waals surface area contributed by atoms with E-state index in [-0.39, 0.29) is 5.91 Å². The summed E-state index contributed by atoms with van der Waals surface area (Å²) in [6.45, 7) is 4.69. The zero-order chi connectivity index (χ0) is 16.7. The molecule has 1 saturated heterocycles. The number of hydrogen-bond acceptors (Lipinski definition) is 6. The first-order valence-corrected chi connectivity index (χ1v) is 7.71. The second kappa shape index (κ2) is 8.59. The van der Waals surface area contributed by atoms with Crippen molar-refractivity contribution in [2.24, 2.45) is 0 Å².